The Morgan fingerprint density at radius 1 is 1.00 bits per heavy atom. The van der Waals surface area contributed by atoms with Gasteiger partial charge in [-0.15, -0.1) is 11.3 Å². The summed E-state index contributed by atoms with van der Waals surface area (Å²) < 4.78 is 39.9. The number of hydrogen-bond donors (Lipinski definition) is 0. The van der Waals surface area contributed by atoms with E-state index in [4.69, 9.17) is 32.7 Å². The SMILES string of the molecule is COc1cccc([C@H](CN2CCN(S(=O)(=O)c3ccc(Cl)s3)CC2)OCc2cccc(Cl)c2)c1. The summed E-state index contributed by atoms with van der Waals surface area (Å²) in [6.07, 6.45) is -0.214. The molecule has 1 aromatic heterocycles. The van der Waals surface area contributed by atoms with Crippen molar-refractivity contribution in [3.63, 3.8) is 0 Å². The summed E-state index contributed by atoms with van der Waals surface area (Å²) in [6, 6.07) is 18.6. The van der Waals surface area contributed by atoms with E-state index < -0.39 is 10.0 Å². The summed E-state index contributed by atoms with van der Waals surface area (Å²) in [5, 5.41) is 0.670. The van der Waals surface area contributed by atoms with E-state index in [1.165, 1.54) is 4.31 Å². The Morgan fingerprint density at radius 3 is 2.44 bits per heavy atom. The van der Waals surface area contributed by atoms with Crippen molar-refractivity contribution < 1.29 is 17.9 Å². The predicted molar refractivity (Wildman–Crippen MR) is 137 cm³/mol. The Labute approximate surface area is 214 Å². The third kappa shape index (κ3) is 6.31. The van der Waals surface area contributed by atoms with Gasteiger partial charge in [0.15, 0.2) is 0 Å². The first-order valence-corrected chi connectivity index (χ1v) is 13.8. The lowest BCUT2D eigenvalue weighted by Crippen LogP contribution is -2.49. The maximum Gasteiger partial charge on any atom is 0.252 e. The van der Waals surface area contributed by atoms with Crippen LogP contribution < -0.4 is 4.74 Å². The van der Waals surface area contributed by atoms with Gasteiger partial charge in [0.25, 0.3) is 10.0 Å². The highest BCUT2D eigenvalue weighted by Gasteiger charge is 2.30. The highest BCUT2D eigenvalue weighted by Crippen LogP contribution is 2.29. The zero-order valence-corrected chi connectivity index (χ0v) is 21.8. The fourth-order valence-corrected chi connectivity index (χ4v) is 7.14. The average molecular weight is 542 g/mol. The van der Waals surface area contributed by atoms with Gasteiger partial charge in [0, 0.05) is 37.7 Å². The number of sulfonamides is 1. The second-order valence-electron chi connectivity index (χ2n) is 7.97. The molecule has 6 nitrogen and oxygen atoms in total. The van der Waals surface area contributed by atoms with Crippen LogP contribution in [0.25, 0.3) is 0 Å². The van der Waals surface area contributed by atoms with Crippen LogP contribution in [-0.2, 0) is 21.4 Å². The lowest BCUT2D eigenvalue weighted by atomic mass is 10.1. The van der Waals surface area contributed by atoms with Gasteiger partial charge in [-0.2, -0.15) is 4.31 Å². The quantitative estimate of drug-likeness (QED) is 0.367. The third-order valence-electron chi connectivity index (χ3n) is 5.70. The Kier molecular flexibility index (Phi) is 8.52. The van der Waals surface area contributed by atoms with E-state index in [1.807, 2.05) is 48.5 Å². The number of halogens is 2. The van der Waals surface area contributed by atoms with Crippen molar-refractivity contribution in [1.82, 2.24) is 9.21 Å². The van der Waals surface area contributed by atoms with Gasteiger partial charge in [-0.1, -0.05) is 47.5 Å². The van der Waals surface area contributed by atoms with E-state index in [9.17, 15) is 8.42 Å². The van der Waals surface area contributed by atoms with Gasteiger partial charge in [0.2, 0.25) is 0 Å². The summed E-state index contributed by atoms with van der Waals surface area (Å²) in [4.78, 5) is 2.23. The Balaban J connectivity index is 1.44. The molecule has 3 aromatic rings. The summed E-state index contributed by atoms with van der Waals surface area (Å²) in [5.74, 6) is 0.763. The smallest absolute Gasteiger partial charge is 0.252 e. The lowest BCUT2D eigenvalue weighted by Gasteiger charge is -2.35. The van der Waals surface area contributed by atoms with E-state index >= 15 is 0 Å². The molecular formula is C24H26Cl2N2O4S2. The monoisotopic (exact) mass is 540 g/mol. The number of methoxy groups -OCH3 is 1. The van der Waals surface area contributed by atoms with Crippen LogP contribution in [0.1, 0.15) is 17.2 Å². The fourth-order valence-electron chi connectivity index (χ4n) is 3.87. The van der Waals surface area contributed by atoms with Gasteiger partial charge in [0.05, 0.1) is 24.2 Å². The van der Waals surface area contributed by atoms with Crippen molar-refractivity contribution >= 4 is 44.6 Å². The predicted octanol–water partition coefficient (Wildman–Crippen LogP) is 5.33. The number of ether oxygens (including phenoxy) is 2. The minimum absolute atomic E-state index is 0.214. The van der Waals surface area contributed by atoms with Crippen LogP contribution in [0, 0.1) is 0 Å². The number of nitrogens with zero attached hydrogens (tertiary/aromatic N) is 2. The van der Waals surface area contributed by atoms with E-state index in [0.29, 0.717) is 48.7 Å². The molecule has 1 aliphatic rings. The maximum absolute atomic E-state index is 12.9. The van der Waals surface area contributed by atoms with Gasteiger partial charge in [0.1, 0.15) is 9.96 Å². The molecule has 1 atom stereocenters. The molecule has 4 rings (SSSR count). The standard InChI is InChI=1S/C24H26Cl2N2O4S2/c1-31-21-7-3-5-19(15-21)22(32-17-18-4-2-6-20(25)14-18)16-27-10-12-28(13-11-27)34(29,30)24-9-8-23(26)33-24/h2-9,14-15,22H,10-13,16-17H2,1H3/t22-/m0/s1. The minimum atomic E-state index is -3.52. The molecule has 0 spiro atoms. The molecule has 1 fully saturated rings. The van der Waals surface area contributed by atoms with Crippen LogP contribution in [0.5, 0.6) is 5.75 Å². The number of hydrogen-bond acceptors (Lipinski definition) is 6. The molecule has 0 aliphatic carbocycles. The van der Waals surface area contributed by atoms with Gasteiger partial charge in [-0.25, -0.2) is 8.42 Å². The van der Waals surface area contributed by atoms with Crippen molar-refractivity contribution in [3.05, 3.63) is 81.1 Å². The van der Waals surface area contributed by atoms with E-state index in [0.717, 1.165) is 28.2 Å². The van der Waals surface area contributed by atoms with Crippen LogP contribution in [-0.4, -0.2) is 57.5 Å². The van der Waals surface area contributed by atoms with Crippen molar-refractivity contribution in [1.29, 1.82) is 0 Å². The minimum Gasteiger partial charge on any atom is -0.497 e. The van der Waals surface area contributed by atoms with Crippen LogP contribution in [0.2, 0.25) is 9.36 Å². The number of benzene rings is 2. The molecule has 1 saturated heterocycles. The molecule has 2 heterocycles. The molecule has 1 aliphatic heterocycles. The second kappa shape index (κ2) is 11.4. The highest BCUT2D eigenvalue weighted by atomic mass is 35.5. The zero-order chi connectivity index (χ0) is 24.1. The molecule has 0 N–H and O–H groups in total. The van der Waals surface area contributed by atoms with Gasteiger partial charge >= 0.3 is 0 Å². The Hall–Kier alpha value is -1.65. The van der Waals surface area contributed by atoms with Gasteiger partial charge < -0.3 is 9.47 Å². The molecular weight excluding hydrogens is 515 g/mol. The first-order chi connectivity index (χ1) is 16.3. The molecule has 0 bridgehead atoms. The van der Waals surface area contributed by atoms with E-state index in [1.54, 1.807) is 19.2 Å². The lowest BCUT2D eigenvalue weighted by molar-refractivity contribution is 0.00764. The number of rotatable bonds is 9. The first kappa shape index (κ1) is 25.4. The molecule has 182 valence electrons. The average Bonchev–Trinajstić information content (AvgIpc) is 3.29. The van der Waals surface area contributed by atoms with Crippen LogP contribution in [0.4, 0.5) is 0 Å². The molecule has 0 radical (unpaired) electrons. The number of thiophene rings is 1. The molecule has 34 heavy (non-hydrogen) atoms. The summed E-state index contributed by atoms with van der Waals surface area (Å²) in [5.41, 5.74) is 2.00. The van der Waals surface area contributed by atoms with E-state index in [-0.39, 0.29) is 10.3 Å². The third-order valence-corrected chi connectivity index (χ3v) is 9.54. The molecule has 10 heteroatoms. The highest BCUT2D eigenvalue weighted by molar-refractivity contribution is 7.91. The number of piperazine rings is 1. The van der Waals surface area contributed by atoms with Crippen molar-refractivity contribution in [2.24, 2.45) is 0 Å². The molecule has 0 amide bonds. The topological polar surface area (TPSA) is 59.1 Å². The van der Waals surface area contributed by atoms with Gasteiger partial charge in [-0.3, -0.25) is 4.90 Å². The molecule has 0 saturated carbocycles. The largest absolute Gasteiger partial charge is 0.497 e. The normalized spacial score (nSPS) is 16.4. The zero-order valence-electron chi connectivity index (χ0n) is 18.7. The van der Waals surface area contributed by atoms with Crippen molar-refractivity contribution in [2.75, 3.05) is 39.8 Å². The summed E-state index contributed by atoms with van der Waals surface area (Å²) >= 11 is 13.2. The van der Waals surface area contributed by atoms with Crippen LogP contribution in [0.15, 0.2) is 64.9 Å². The van der Waals surface area contributed by atoms with Crippen LogP contribution >= 0.6 is 34.5 Å². The Bertz CT molecular complexity index is 1210. The van der Waals surface area contributed by atoms with Crippen molar-refractivity contribution in [2.45, 2.75) is 16.9 Å². The molecule has 2 aromatic carbocycles. The second-order valence-corrected chi connectivity index (χ2v) is 12.3. The summed E-state index contributed by atoms with van der Waals surface area (Å²) in [7, 11) is -1.88. The maximum atomic E-state index is 12.9. The van der Waals surface area contributed by atoms with Crippen LogP contribution in [0.3, 0.4) is 0 Å². The molecule has 0 unspecified atom stereocenters. The van der Waals surface area contributed by atoms with Gasteiger partial charge in [-0.05, 0) is 47.5 Å². The van der Waals surface area contributed by atoms with E-state index in [2.05, 4.69) is 4.90 Å². The first-order valence-electron chi connectivity index (χ1n) is 10.8. The fraction of sp³-hybridized carbons (Fsp3) is 0.333. The van der Waals surface area contributed by atoms with Crippen molar-refractivity contribution in [3.8, 4) is 5.75 Å². The Morgan fingerprint density at radius 2 is 1.76 bits per heavy atom. The summed E-state index contributed by atoms with van der Waals surface area (Å²) in [6.45, 7) is 3.09.